The molecule has 0 amide bonds. The first kappa shape index (κ1) is 116. The van der Waals surface area contributed by atoms with Crippen LogP contribution in [-0.4, -0.2) is 466 Å². The van der Waals surface area contributed by atoms with Gasteiger partial charge in [0.1, 0.15) is 170 Å². The number of aliphatic hydroxyl groups excluding tert-OH is 25. The van der Waals surface area contributed by atoms with E-state index in [1.165, 1.54) is 45.1 Å². The van der Waals surface area contributed by atoms with Crippen LogP contribution >= 0.6 is 0 Å². The fourth-order valence-electron chi connectivity index (χ4n) is 24.3. The van der Waals surface area contributed by atoms with Gasteiger partial charge in [-0.15, -0.1) is 13.2 Å². The summed E-state index contributed by atoms with van der Waals surface area (Å²) in [5, 5.41) is 290. The average molecular weight is 2060 g/mol. The molecular weight excluding hydrogens is 1910 g/mol. The molecule has 0 spiro atoms. The van der Waals surface area contributed by atoms with Crippen molar-refractivity contribution in [2.75, 3.05) is 52.9 Å². The van der Waals surface area contributed by atoms with E-state index in [9.17, 15) is 138 Å². The smallest absolute Gasteiger partial charge is 0.336 e. The van der Waals surface area contributed by atoms with Gasteiger partial charge in [-0.25, -0.2) is 9.59 Å². The molecule has 26 N–H and O–H groups in total. The van der Waals surface area contributed by atoms with Crippen molar-refractivity contribution in [2.45, 2.75) is 416 Å². The zero-order valence-electron chi connectivity index (χ0n) is 82.0. The fraction of sp³-hybridized carbons (Fsp3) is 0.865. The van der Waals surface area contributed by atoms with Gasteiger partial charge in [0, 0.05) is 11.8 Å². The van der Waals surface area contributed by atoms with Crippen LogP contribution in [0.5, 0.6) is 0 Å². The number of carbonyl (C=O) groups is 3. The monoisotopic (exact) mass is 2060 g/mol. The molecule has 0 aromatic rings. The van der Waals surface area contributed by atoms with Gasteiger partial charge in [-0.1, -0.05) is 84.4 Å². The first-order valence-corrected chi connectivity index (χ1v) is 49.2. The molecule has 4 saturated carbocycles. The van der Waals surface area contributed by atoms with Gasteiger partial charge in [0.2, 0.25) is 6.29 Å². The number of hydrogen-bond donors (Lipinski definition) is 26. The highest BCUT2D eigenvalue weighted by Gasteiger charge is 2.74. The standard InChI is InChI=1S/C96H152O47/c1-14-91(9,125)24-16-18-42(32-98)79(123)137-73-39(3)129-85(71(120)66(73)115)143-92(10,15-2)25-17-19-41(31-97)78(122)135-55-30-96(88(124)142-87-77(64(113)59(108)48(35-101)133-87)141-84-72(121)75(139-82-69(118)62(111)57(106)46(33-99)130-82)74(40(4)128-84)138-81-68(117)60(109)49(36-102)132-81)44(28-89(55,5)6)43-20-21-52-93(11)26-23-54(90(7,8)51(93)22-27-94(52,12)95(43,13)29-53(96)104)136-86-76(140-83-70(119)63(112)58(107)47(34-100)131-83)65(114)61(110)50(134-86)38-127-80-67(116)56(105)45(103)37-126-80/h14-15,18-20,39-40,44-77,80-87,97-121,125H,1-2,16-17,21-38H2,3-13H3/b41-19+,42-18+/t39-,40+,44+,45+,46-,47-,48-,49+,50-,51+,52-,53-,54+,55?,56+,57-,58-,59-,60+,61-,62+,63+,64+,65+,66-,67-,68-,69-,70-,71-,72-,73-,74+,75+,76-,77-,80+,81+,82+,83+,84+,85+,86+,87+,91?,92+,93+,94-,95-,96-/m1/s1. The van der Waals surface area contributed by atoms with Gasteiger partial charge in [0.05, 0.1) is 99.6 Å². The summed E-state index contributed by atoms with van der Waals surface area (Å²) < 4.78 is 110. The first-order chi connectivity index (χ1) is 67.1. The van der Waals surface area contributed by atoms with Crippen LogP contribution in [0.25, 0.3) is 0 Å². The van der Waals surface area contributed by atoms with Crippen LogP contribution in [0, 0.1) is 50.2 Å². The van der Waals surface area contributed by atoms with Crippen molar-refractivity contribution >= 4 is 17.9 Å². The number of esters is 3. The number of rotatable bonds is 35. The Morgan fingerprint density at radius 2 is 0.909 bits per heavy atom. The van der Waals surface area contributed by atoms with Gasteiger partial charge in [0.25, 0.3) is 0 Å². The molecular formula is C96H152O47. The second-order valence-electron chi connectivity index (χ2n) is 43.4. The lowest BCUT2D eigenvalue weighted by Gasteiger charge is -2.72. The molecule has 8 heterocycles. The predicted molar refractivity (Wildman–Crippen MR) is 479 cm³/mol. The Kier molecular flexibility index (Phi) is 37.0. The molecule has 13 aliphatic rings. The quantitative estimate of drug-likeness (QED) is 0.00922. The van der Waals surface area contributed by atoms with E-state index in [-0.39, 0.29) is 67.9 Å². The molecule has 8 aliphatic heterocycles. The molecule has 143 heavy (non-hydrogen) atoms. The van der Waals surface area contributed by atoms with E-state index in [1.54, 1.807) is 20.8 Å². The minimum absolute atomic E-state index is 0.0640. The van der Waals surface area contributed by atoms with Gasteiger partial charge < -0.3 is 218 Å². The molecule has 12 fully saturated rings. The number of allylic oxidation sites excluding steroid dienone is 4. The molecule has 0 aromatic carbocycles. The Bertz CT molecular complexity index is 4370. The van der Waals surface area contributed by atoms with Crippen molar-refractivity contribution in [3.63, 3.8) is 0 Å². The summed E-state index contributed by atoms with van der Waals surface area (Å²) in [6, 6.07) is 0. The SMILES string of the molecule is C=CC(C)(O)CC/C=C(\CO)C(=O)O[C@H]1[C@H](O)[C@@H](O)[C@H](O[C@@](C)(C=C)CC/C=C(\CO)C(=O)OC2C[C@]3(C(=O)O[C@@H]4O[C@H](CO)[C@@H](O)[C@H](O)[C@H]4O[C@@H]4O[C@@H](C)[C@H](O[C@@H]5O[C@@H](CO)[C@H](O)[C@H]5O)[C@@H](O[C@@H]5O[C@H](CO)[C@@H](O)[C@H](O)[C@H]5O)[C@H]4O)[C@H](O)C[C@]4(C)C(=CC[C@@H]5[C@@]6(C)CC[C@H](O[C@@H]7O[C@H](CO[C@@H]8OC[C@H](O)[C@H](O)[C@H]8O)[C@@H](O)[C@H](O)[C@H]7O[C@@H]7O[C@H](CO)[C@@H](O)[C@H](O)[C@H]7O)C(C)(C)[C@@H]6CC[C@]54C)[C@@H]3CC2(C)C)O[C@@H]1C. The van der Waals surface area contributed by atoms with E-state index in [0.29, 0.717) is 31.3 Å². The molecule has 818 valence electrons. The Morgan fingerprint density at radius 3 is 1.46 bits per heavy atom. The summed E-state index contributed by atoms with van der Waals surface area (Å²) in [4.78, 5) is 45.3. The second kappa shape index (κ2) is 45.8. The van der Waals surface area contributed by atoms with Crippen LogP contribution in [-0.2, 0) is 99.6 Å². The van der Waals surface area contributed by atoms with Gasteiger partial charge in [-0.05, 0) is 138 Å². The van der Waals surface area contributed by atoms with E-state index in [4.69, 9.17) is 85.3 Å². The molecule has 0 aromatic heterocycles. The zero-order valence-corrected chi connectivity index (χ0v) is 82.0. The number of fused-ring (bicyclic) bond motifs is 7. The molecule has 5 aliphatic carbocycles. The predicted octanol–water partition coefficient (Wildman–Crippen LogP) is -7.09. The van der Waals surface area contributed by atoms with E-state index in [2.05, 4.69) is 33.1 Å². The Hall–Kier alpha value is -4.53. The Morgan fingerprint density at radius 1 is 0.448 bits per heavy atom. The van der Waals surface area contributed by atoms with Crippen molar-refractivity contribution in [3.05, 3.63) is 60.3 Å². The van der Waals surface area contributed by atoms with Crippen LogP contribution in [0.1, 0.15) is 153 Å². The summed E-state index contributed by atoms with van der Waals surface area (Å²) in [5.41, 5.74) is -9.43. The van der Waals surface area contributed by atoms with E-state index >= 15 is 9.59 Å². The van der Waals surface area contributed by atoms with E-state index < -0.39 is 379 Å². The minimum atomic E-state index is -2.31. The van der Waals surface area contributed by atoms with Crippen LogP contribution in [0.2, 0.25) is 0 Å². The number of aliphatic hydroxyl groups is 26. The highest BCUT2D eigenvalue weighted by Crippen LogP contribution is 2.76. The van der Waals surface area contributed by atoms with Gasteiger partial charge in [-0.2, -0.15) is 0 Å². The van der Waals surface area contributed by atoms with Crippen LogP contribution in [0.4, 0.5) is 0 Å². The summed E-state index contributed by atoms with van der Waals surface area (Å²) >= 11 is 0. The summed E-state index contributed by atoms with van der Waals surface area (Å²) in [6.07, 6.45) is -64.9. The third kappa shape index (κ3) is 22.4. The largest absolute Gasteiger partial charge is 0.458 e. The highest BCUT2D eigenvalue weighted by atomic mass is 16.8. The lowest BCUT2D eigenvalue weighted by molar-refractivity contribution is -0.390. The molecule has 47 heteroatoms. The average Bonchev–Trinajstić information content (AvgIpc) is 1.15. The van der Waals surface area contributed by atoms with E-state index in [0.717, 1.165) is 0 Å². The molecule has 0 bridgehead atoms. The fourth-order valence-corrected chi connectivity index (χ4v) is 24.3. The minimum Gasteiger partial charge on any atom is -0.458 e. The van der Waals surface area contributed by atoms with Crippen molar-refractivity contribution < 1.29 is 232 Å². The topological polar surface area (TPSA) is 743 Å². The van der Waals surface area contributed by atoms with Gasteiger partial charge >= 0.3 is 17.9 Å². The maximum Gasteiger partial charge on any atom is 0.336 e. The number of carbonyl (C=O) groups excluding carboxylic acids is 3. The Balaban J connectivity index is 0.802. The highest BCUT2D eigenvalue weighted by molar-refractivity contribution is 5.89. The summed E-state index contributed by atoms with van der Waals surface area (Å²) in [7, 11) is 0. The number of ether oxygens (including phenoxy) is 18. The molecule has 8 saturated heterocycles. The molecule has 50 atom stereocenters. The number of hydrogen-bond acceptors (Lipinski definition) is 47. The summed E-state index contributed by atoms with van der Waals surface area (Å²) in [6.45, 7) is 20.7. The third-order valence-electron chi connectivity index (χ3n) is 33.6. The zero-order chi connectivity index (χ0) is 105. The van der Waals surface area contributed by atoms with Gasteiger partial charge in [0.15, 0.2) is 56.2 Å². The van der Waals surface area contributed by atoms with E-state index in [1.807, 2.05) is 20.8 Å². The normalized spacial score (nSPS) is 48.2. The van der Waals surface area contributed by atoms with Gasteiger partial charge in [-0.3, -0.25) is 4.79 Å². The molecule has 13 rings (SSSR count). The molecule has 2 unspecified atom stereocenters. The van der Waals surface area contributed by atoms with Crippen molar-refractivity contribution in [1.29, 1.82) is 0 Å². The second-order valence-corrected chi connectivity index (χ2v) is 43.4. The molecule has 0 radical (unpaired) electrons. The lowest BCUT2D eigenvalue weighted by Crippen LogP contribution is -2.70. The lowest BCUT2D eigenvalue weighted by atomic mass is 9.33. The van der Waals surface area contributed by atoms with Crippen molar-refractivity contribution in [1.82, 2.24) is 0 Å². The maximum atomic E-state index is 16.9. The first-order valence-electron chi connectivity index (χ1n) is 49.2. The van der Waals surface area contributed by atoms with Crippen LogP contribution in [0.15, 0.2) is 60.3 Å². The Labute approximate surface area is 826 Å². The summed E-state index contributed by atoms with van der Waals surface area (Å²) in [5.74, 6) is -5.03. The van der Waals surface area contributed by atoms with Crippen LogP contribution < -0.4 is 0 Å². The van der Waals surface area contributed by atoms with Crippen molar-refractivity contribution in [3.8, 4) is 0 Å². The van der Waals surface area contributed by atoms with Crippen molar-refractivity contribution in [2.24, 2.45) is 50.2 Å². The molecule has 47 nitrogen and oxygen atoms in total. The van der Waals surface area contributed by atoms with Crippen LogP contribution in [0.3, 0.4) is 0 Å². The third-order valence-corrected chi connectivity index (χ3v) is 33.6. The maximum absolute atomic E-state index is 16.9.